The maximum Gasteiger partial charge on any atom is 0.237 e. The summed E-state index contributed by atoms with van der Waals surface area (Å²) >= 11 is 0. The van der Waals surface area contributed by atoms with Crippen molar-refractivity contribution >= 4 is 11.6 Å². The minimum atomic E-state index is -0.465. The van der Waals surface area contributed by atoms with Crippen molar-refractivity contribution in [3.8, 4) is 0 Å². The number of carbonyl (C=O) groups is 1. The lowest BCUT2D eigenvalue weighted by atomic mass is 9.78. The monoisotopic (exact) mass is 279 g/mol. The maximum absolute atomic E-state index is 12.8. The number of carbonyl (C=O) groups excluding carboxylic acids is 1. The number of nitrogens with zero attached hydrogens (tertiary/aromatic N) is 1. The first kappa shape index (κ1) is 13.9. The Labute approximate surface area is 126 Å². The molecule has 0 bridgehead atoms. The lowest BCUT2D eigenvalue weighted by molar-refractivity contribution is -0.122. The number of hydrogen-bond donors (Lipinski definition) is 0. The van der Waals surface area contributed by atoms with Gasteiger partial charge in [-0.3, -0.25) is 4.79 Å². The van der Waals surface area contributed by atoms with E-state index in [4.69, 9.17) is 0 Å². The van der Waals surface area contributed by atoms with Crippen molar-refractivity contribution in [2.75, 3.05) is 11.9 Å². The van der Waals surface area contributed by atoms with Gasteiger partial charge < -0.3 is 4.90 Å². The summed E-state index contributed by atoms with van der Waals surface area (Å²) in [5.41, 5.74) is 5.50. The molecular formula is C19H21NO. The third-order valence-corrected chi connectivity index (χ3v) is 4.77. The zero-order valence-corrected chi connectivity index (χ0v) is 13.1. The summed E-state index contributed by atoms with van der Waals surface area (Å²) in [4.78, 5) is 14.6. The molecule has 1 heterocycles. The highest BCUT2D eigenvalue weighted by Crippen LogP contribution is 2.42. The Hall–Kier alpha value is -2.09. The second-order valence-electron chi connectivity index (χ2n) is 6.31. The van der Waals surface area contributed by atoms with Crippen LogP contribution in [0.4, 0.5) is 5.69 Å². The Morgan fingerprint density at radius 1 is 1.05 bits per heavy atom. The Bertz CT molecular complexity index is 719. The fourth-order valence-electron chi connectivity index (χ4n) is 3.32. The SMILES string of the molecule is Cc1ccc(CC2(C)C(=O)N(C)c3ccccc32)cc1C. The third kappa shape index (κ3) is 2.06. The first-order chi connectivity index (χ1) is 9.93. The molecule has 0 fully saturated rings. The van der Waals surface area contributed by atoms with Gasteiger partial charge in [0.2, 0.25) is 5.91 Å². The number of anilines is 1. The van der Waals surface area contributed by atoms with Crippen LogP contribution in [0.25, 0.3) is 0 Å². The summed E-state index contributed by atoms with van der Waals surface area (Å²) in [6, 6.07) is 14.6. The maximum atomic E-state index is 12.8. The van der Waals surface area contributed by atoms with Crippen LogP contribution in [0, 0.1) is 13.8 Å². The fraction of sp³-hybridized carbons (Fsp3) is 0.316. The molecule has 21 heavy (non-hydrogen) atoms. The van der Waals surface area contributed by atoms with Crippen LogP contribution in [0.5, 0.6) is 0 Å². The normalized spacial score (nSPS) is 20.8. The summed E-state index contributed by atoms with van der Waals surface area (Å²) < 4.78 is 0. The first-order valence-corrected chi connectivity index (χ1v) is 7.37. The van der Waals surface area contributed by atoms with E-state index in [-0.39, 0.29) is 5.91 Å². The number of aryl methyl sites for hydroxylation is 2. The molecule has 3 rings (SSSR count). The van der Waals surface area contributed by atoms with E-state index in [9.17, 15) is 4.79 Å². The largest absolute Gasteiger partial charge is 0.314 e. The number of rotatable bonds is 2. The fourth-order valence-corrected chi connectivity index (χ4v) is 3.32. The summed E-state index contributed by atoms with van der Waals surface area (Å²) in [7, 11) is 1.87. The third-order valence-electron chi connectivity index (χ3n) is 4.77. The number of benzene rings is 2. The Morgan fingerprint density at radius 3 is 2.48 bits per heavy atom. The molecule has 2 aromatic rings. The summed E-state index contributed by atoms with van der Waals surface area (Å²) in [6.07, 6.45) is 0.744. The average molecular weight is 279 g/mol. The topological polar surface area (TPSA) is 20.3 Å². The van der Waals surface area contributed by atoms with Crippen molar-refractivity contribution in [2.24, 2.45) is 0 Å². The van der Waals surface area contributed by atoms with Crippen LogP contribution in [-0.2, 0) is 16.6 Å². The van der Waals surface area contributed by atoms with Gasteiger partial charge in [-0.05, 0) is 55.5 Å². The van der Waals surface area contributed by atoms with Gasteiger partial charge in [0, 0.05) is 12.7 Å². The highest BCUT2D eigenvalue weighted by atomic mass is 16.2. The van der Waals surface area contributed by atoms with Crippen molar-refractivity contribution in [1.82, 2.24) is 0 Å². The minimum absolute atomic E-state index is 0.182. The molecule has 0 aliphatic carbocycles. The van der Waals surface area contributed by atoms with Crippen molar-refractivity contribution in [1.29, 1.82) is 0 Å². The highest BCUT2D eigenvalue weighted by molar-refractivity contribution is 6.07. The highest BCUT2D eigenvalue weighted by Gasteiger charge is 2.45. The smallest absolute Gasteiger partial charge is 0.237 e. The Balaban J connectivity index is 2.04. The molecule has 1 unspecified atom stereocenters. The van der Waals surface area contributed by atoms with E-state index < -0.39 is 5.41 Å². The van der Waals surface area contributed by atoms with Gasteiger partial charge in [0.1, 0.15) is 0 Å². The molecule has 0 saturated carbocycles. The number of likely N-dealkylation sites (N-methyl/N-ethyl adjacent to an activating group) is 1. The van der Waals surface area contributed by atoms with Gasteiger partial charge in [-0.15, -0.1) is 0 Å². The van der Waals surface area contributed by atoms with Crippen molar-refractivity contribution < 1.29 is 4.79 Å². The molecule has 1 atom stereocenters. The van der Waals surface area contributed by atoms with E-state index in [1.807, 2.05) is 25.2 Å². The van der Waals surface area contributed by atoms with Gasteiger partial charge in [0.25, 0.3) is 0 Å². The molecule has 0 radical (unpaired) electrons. The standard InChI is InChI=1S/C19H21NO/c1-13-9-10-15(11-14(13)2)12-19(3)16-7-5-6-8-17(16)20(4)18(19)21/h5-11H,12H2,1-4H3. The van der Waals surface area contributed by atoms with E-state index in [1.165, 1.54) is 16.7 Å². The van der Waals surface area contributed by atoms with Gasteiger partial charge in [-0.2, -0.15) is 0 Å². The predicted molar refractivity (Wildman–Crippen MR) is 86.8 cm³/mol. The van der Waals surface area contributed by atoms with Gasteiger partial charge >= 0.3 is 0 Å². The van der Waals surface area contributed by atoms with Crippen LogP contribution in [0.1, 0.15) is 29.2 Å². The molecule has 0 saturated heterocycles. The molecule has 2 nitrogen and oxygen atoms in total. The van der Waals surface area contributed by atoms with Crippen molar-refractivity contribution in [2.45, 2.75) is 32.6 Å². The molecular weight excluding hydrogens is 258 g/mol. The molecule has 1 aliphatic heterocycles. The number of para-hydroxylation sites is 1. The van der Waals surface area contributed by atoms with E-state index >= 15 is 0 Å². The molecule has 108 valence electrons. The van der Waals surface area contributed by atoms with Crippen LogP contribution < -0.4 is 4.90 Å². The summed E-state index contributed by atoms with van der Waals surface area (Å²) in [5, 5.41) is 0. The second-order valence-corrected chi connectivity index (χ2v) is 6.31. The number of amides is 1. The molecule has 2 heteroatoms. The van der Waals surface area contributed by atoms with E-state index in [1.54, 1.807) is 4.90 Å². The van der Waals surface area contributed by atoms with E-state index in [0.29, 0.717) is 0 Å². The molecule has 0 spiro atoms. The quantitative estimate of drug-likeness (QED) is 0.819. The molecule has 2 aromatic carbocycles. The van der Waals surface area contributed by atoms with Gasteiger partial charge in [0.15, 0.2) is 0 Å². The number of hydrogen-bond acceptors (Lipinski definition) is 1. The second kappa shape index (κ2) is 4.73. The lowest BCUT2D eigenvalue weighted by Gasteiger charge is -2.23. The summed E-state index contributed by atoms with van der Waals surface area (Å²) in [5.74, 6) is 0.182. The molecule has 1 aliphatic rings. The Kier molecular flexibility index (Phi) is 3.12. The van der Waals surface area contributed by atoms with Gasteiger partial charge in [-0.1, -0.05) is 36.4 Å². The van der Waals surface area contributed by atoms with Gasteiger partial charge in [-0.25, -0.2) is 0 Å². The zero-order valence-electron chi connectivity index (χ0n) is 13.1. The molecule has 0 aromatic heterocycles. The number of fused-ring (bicyclic) bond motifs is 1. The first-order valence-electron chi connectivity index (χ1n) is 7.37. The van der Waals surface area contributed by atoms with Crippen molar-refractivity contribution in [3.63, 3.8) is 0 Å². The molecule has 0 N–H and O–H groups in total. The van der Waals surface area contributed by atoms with Crippen LogP contribution in [0.2, 0.25) is 0 Å². The summed E-state index contributed by atoms with van der Waals surface area (Å²) in [6.45, 7) is 6.30. The van der Waals surface area contributed by atoms with Crippen molar-refractivity contribution in [3.05, 3.63) is 64.7 Å². The minimum Gasteiger partial charge on any atom is -0.314 e. The van der Waals surface area contributed by atoms with Crippen LogP contribution in [-0.4, -0.2) is 13.0 Å². The average Bonchev–Trinajstić information content (AvgIpc) is 2.66. The molecule has 1 amide bonds. The van der Waals surface area contributed by atoms with Crippen LogP contribution >= 0.6 is 0 Å². The lowest BCUT2D eigenvalue weighted by Crippen LogP contribution is -2.37. The van der Waals surface area contributed by atoms with Crippen LogP contribution in [0.3, 0.4) is 0 Å². The predicted octanol–water partition coefficient (Wildman–Crippen LogP) is 3.78. The van der Waals surface area contributed by atoms with Gasteiger partial charge in [0.05, 0.1) is 5.41 Å². The van der Waals surface area contributed by atoms with E-state index in [0.717, 1.165) is 17.7 Å². The Morgan fingerprint density at radius 2 is 1.76 bits per heavy atom. The van der Waals surface area contributed by atoms with Crippen LogP contribution in [0.15, 0.2) is 42.5 Å². The zero-order chi connectivity index (χ0) is 15.2. The van der Waals surface area contributed by atoms with E-state index in [2.05, 4.69) is 45.0 Å².